The van der Waals surface area contributed by atoms with Crippen LogP contribution in [0.5, 0.6) is 0 Å². The van der Waals surface area contributed by atoms with E-state index in [1.165, 1.54) is 0 Å². The third-order valence-electron chi connectivity index (χ3n) is 2.25. The van der Waals surface area contributed by atoms with E-state index in [1.807, 2.05) is 20.8 Å². The minimum absolute atomic E-state index is 0.189. The third kappa shape index (κ3) is 2.45. The summed E-state index contributed by atoms with van der Waals surface area (Å²) in [6.07, 6.45) is 0.698. The van der Waals surface area contributed by atoms with Gasteiger partial charge in [0, 0.05) is 19.1 Å². The summed E-state index contributed by atoms with van der Waals surface area (Å²) in [5, 5.41) is 3.24. The second-order valence-electron chi connectivity index (χ2n) is 3.90. The van der Waals surface area contributed by atoms with Crippen molar-refractivity contribution in [3.05, 3.63) is 0 Å². The minimum atomic E-state index is -0.607. The van der Waals surface area contributed by atoms with E-state index in [1.54, 1.807) is 0 Å². The van der Waals surface area contributed by atoms with Crippen LogP contribution in [0.15, 0.2) is 0 Å². The van der Waals surface area contributed by atoms with Gasteiger partial charge in [-0.15, -0.1) is 0 Å². The predicted octanol–water partition coefficient (Wildman–Crippen LogP) is 0.707. The van der Waals surface area contributed by atoms with Gasteiger partial charge >= 0.3 is 5.97 Å². The van der Waals surface area contributed by atoms with Crippen molar-refractivity contribution in [1.82, 2.24) is 5.32 Å². The predicted molar refractivity (Wildman–Crippen MR) is 53.1 cm³/mol. The van der Waals surface area contributed by atoms with Crippen LogP contribution in [0.3, 0.4) is 0 Å². The van der Waals surface area contributed by atoms with Gasteiger partial charge < -0.3 is 9.47 Å². The summed E-state index contributed by atoms with van der Waals surface area (Å²) < 4.78 is 10.3. The maximum atomic E-state index is 11.7. The topological polar surface area (TPSA) is 47.6 Å². The van der Waals surface area contributed by atoms with Crippen LogP contribution in [0.25, 0.3) is 0 Å². The molecule has 0 saturated carbocycles. The van der Waals surface area contributed by atoms with Crippen LogP contribution in [0.2, 0.25) is 0 Å². The molecule has 82 valence electrons. The van der Waals surface area contributed by atoms with E-state index < -0.39 is 5.54 Å². The van der Waals surface area contributed by atoms with Gasteiger partial charge in [-0.2, -0.15) is 0 Å². The van der Waals surface area contributed by atoms with Gasteiger partial charge in [0.15, 0.2) is 0 Å². The molecular weight excluding hydrogens is 182 g/mol. The highest BCUT2D eigenvalue weighted by Gasteiger charge is 2.43. The van der Waals surface area contributed by atoms with E-state index >= 15 is 0 Å². The second kappa shape index (κ2) is 4.75. The van der Waals surface area contributed by atoms with E-state index in [0.29, 0.717) is 26.2 Å². The molecule has 1 heterocycles. The first-order valence-electron chi connectivity index (χ1n) is 5.13. The van der Waals surface area contributed by atoms with Crippen LogP contribution in [-0.2, 0) is 14.3 Å². The number of hydrogen-bond donors (Lipinski definition) is 1. The highest BCUT2D eigenvalue weighted by molar-refractivity contribution is 5.81. The molecule has 1 fully saturated rings. The van der Waals surface area contributed by atoms with Crippen LogP contribution in [-0.4, -0.2) is 37.4 Å². The number of ether oxygens (including phenoxy) is 2. The second-order valence-corrected chi connectivity index (χ2v) is 3.90. The molecule has 0 aromatic carbocycles. The molecule has 0 bridgehead atoms. The lowest BCUT2D eigenvalue weighted by Crippen LogP contribution is -2.56. The van der Waals surface area contributed by atoms with E-state index in [-0.39, 0.29) is 12.0 Å². The SMILES string of the molecule is CCOC(=O)C1(NC(C)C)CCOC1. The molecule has 1 rings (SSSR count). The minimum Gasteiger partial charge on any atom is -0.465 e. The first kappa shape index (κ1) is 11.5. The van der Waals surface area contributed by atoms with Gasteiger partial charge in [0.2, 0.25) is 0 Å². The van der Waals surface area contributed by atoms with Crippen molar-refractivity contribution in [2.75, 3.05) is 19.8 Å². The molecule has 0 spiro atoms. The number of esters is 1. The fourth-order valence-corrected chi connectivity index (χ4v) is 1.72. The third-order valence-corrected chi connectivity index (χ3v) is 2.25. The number of carbonyl (C=O) groups excluding carboxylic acids is 1. The summed E-state index contributed by atoms with van der Waals surface area (Å²) in [6.45, 7) is 7.30. The standard InChI is InChI=1S/C10H19NO3/c1-4-14-9(12)10(11-8(2)3)5-6-13-7-10/h8,11H,4-7H2,1-3H3. The Morgan fingerprint density at radius 2 is 2.36 bits per heavy atom. The van der Waals surface area contributed by atoms with Crippen molar-refractivity contribution < 1.29 is 14.3 Å². The Bertz CT molecular complexity index is 198. The van der Waals surface area contributed by atoms with Crippen molar-refractivity contribution in [3.63, 3.8) is 0 Å². The van der Waals surface area contributed by atoms with E-state index in [4.69, 9.17) is 9.47 Å². The molecule has 0 aliphatic carbocycles. The Kier molecular flexibility index (Phi) is 3.89. The van der Waals surface area contributed by atoms with Crippen LogP contribution in [0, 0.1) is 0 Å². The first-order chi connectivity index (χ1) is 6.60. The molecule has 1 aliphatic rings. The van der Waals surface area contributed by atoms with Gasteiger partial charge in [-0.25, -0.2) is 4.79 Å². The lowest BCUT2D eigenvalue weighted by molar-refractivity contribution is -0.151. The summed E-state index contributed by atoms with van der Waals surface area (Å²) in [6, 6.07) is 0.251. The fraction of sp³-hybridized carbons (Fsp3) is 0.900. The molecule has 1 saturated heterocycles. The van der Waals surface area contributed by atoms with Gasteiger partial charge in [0.25, 0.3) is 0 Å². The Hall–Kier alpha value is -0.610. The molecule has 0 aromatic rings. The van der Waals surface area contributed by atoms with Crippen molar-refractivity contribution >= 4 is 5.97 Å². The largest absolute Gasteiger partial charge is 0.465 e. The average molecular weight is 201 g/mol. The molecule has 14 heavy (non-hydrogen) atoms. The maximum Gasteiger partial charge on any atom is 0.328 e. The number of rotatable bonds is 4. The zero-order chi connectivity index (χ0) is 10.6. The zero-order valence-electron chi connectivity index (χ0n) is 9.13. The quantitative estimate of drug-likeness (QED) is 0.680. The van der Waals surface area contributed by atoms with Crippen molar-refractivity contribution in [3.8, 4) is 0 Å². The normalized spacial score (nSPS) is 26.9. The smallest absolute Gasteiger partial charge is 0.328 e. The molecular formula is C10H19NO3. The Labute approximate surface area is 85.0 Å². The number of carbonyl (C=O) groups is 1. The van der Waals surface area contributed by atoms with Crippen LogP contribution in [0.4, 0.5) is 0 Å². The molecule has 1 unspecified atom stereocenters. The molecule has 0 amide bonds. The molecule has 4 nitrogen and oxygen atoms in total. The van der Waals surface area contributed by atoms with Gasteiger partial charge in [0.1, 0.15) is 5.54 Å². The summed E-state index contributed by atoms with van der Waals surface area (Å²) in [5.41, 5.74) is -0.607. The average Bonchev–Trinajstić information content (AvgIpc) is 2.53. The van der Waals surface area contributed by atoms with E-state index in [2.05, 4.69) is 5.32 Å². The van der Waals surface area contributed by atoms with Gasteiger partial charge in [-0.05, 0) is 20.8 Å². The lowest BCUT2D eigenvalue weighted by atomic mass is 9.98. The summed E-state index contributed by atoms with van der Waals surface area (Å²) in [4.78, 5) is 11.7. The zero-order valence-corrected chi connectivity index (χ0v) is 9.13. The van der Waals surface area contributed by atoms with Crippen molar-refractivity contribution in [1.29, 1.82) is 0 Å². The summed E-state index contributed by atoms with van der Waals surface area (Å²) in [7, 11) is 0. The molecule has 0 radical (unpaired) electrons. The van der Waals surface area contributed by atoms with Gasteiger partial charge in [-0.3, -0.25) is 5.32 Å². The monoisotopic (exact) mass is 201 g/mol. The highest BCUT2D eigenvalue weighted by atomic mass is 16.5. The molecule has 1 atom stereocenters. The molecule has 4 heteroatoms. The van der Waals surface area contributed by atoms with E-state index in [9.17, 15) is 4.79 Å². The Morgan fingerprint density at radius 1 is 1.64 bits per heavy atom. The van der Waals surface area contributed by atoms with Gasteiger partial charge in [-0.1, -0.05) is 0 Å². The van der Waals surface area contributed by atoms with Crippen LogP contribution >= 0.6 is 0 Å². The van der Waals surface area contributed by atoms with Crippen molar-refractivity contribution in [2.45, 2.75) is 38.8 Å². The maximum absolute atomic E-state index is 11.7. The molecule has 1 aliphatic heterocycles. The highest BCUT2D eigenvalue weighted by Crippen LogP contribution is 2.21. The van der Waals surface area contributed by atoms with Gasteiger partial charge in [0.05, 0.1) is 13.2 Å². The summed E-state index contributed by atoms with van der Waals surface area (Å²) >= 11 is 0. The van der Waals surface area contributed by atoms with Crippen LogP contribution in [0.1, 0.15) is 27.2 Å². The number of nitrogens with one attached hydrogen (secondary N) is 1. The molecule has 1 N–H and O–H groups in total. The molecule has 0 aromatic heterocycles. The Morgan fingerprint density at radius 3 is 2.79 bits per heavy atom. The summed E-state index contributed by atoms with van der Waals surface area (Å²) in [5.74, 6) is -0.189. The number of hydrogen-bond acceptors (Lipinski definition) is 4. The lowest BCUT2D eigenvalue weighted by Gasteiger charge is -2.28. The first-order valence-corrected chi connectivity index (χ1v) is 5.13. The fourth-order valence-electron chi connectivity index (χ4n) is 1.72. The van der Waals surface area contributed by atoms with Crippen LogP contribution < -0.4 is 5.32 Å². The van der Waals surface area contributed by atoms with E-state index in [0.717, 1.165) is 0 Å². The Balaban J connectivity index is 2.65. The van der Waals surface area contributed by atoms with Crippen molar-refractivity contribution in [2.24, 2.45) is 0 Å².